The van der Waals surface area contributed by atoms with E-state index in [2.05, 4.69) is 4.74 Å². The van der Waals surface area contributed by atoms with Gasteiger partial charge in [0.05, 0.1) is 17.0 Å². The second-order valence-corrected chi connectivity index (χ2v) is 8.60. The van der Waals surface area contributed by atoms with Crippen molar-refractivity contribution in [3.8, 4) is 11.5 Å². The van der Waals surface area contributed by atoms with Crippen LogP contribution in [-0.2, 0) is 16.0 Å². The Morgan fingerprint density at radius 3 is 2.34 bits per heavy atom. The number of fused-ring (bicyclic) bond motifs is 1. The molecule has 3 aromatic rings. The summed E-state index contributed by atoms with van der Waals surface area (Å²) in [4.78, 5) is 25.8. The zero-order valence-corrected chi connectivity index (χ0v) is 18.7. The highest BCUT2D eigenvalue weighted by Gasteiger charge is 2.25. The summed E-state index contributed by atoms with van der Waals surface area (Å²) in [5.41, 5.74) is 0.881. The lowest BCUT2D eigenvalue weighted by Crippen LogP contribution is -2.25. The van der Waals surface area contributed by atoms with Crippen molar-refractivity contribution in [1.82, 2.24) is 4.57 Å². The summed E-state index contributed by atoms with van der Waals surface area (Å²) in [7, 11) is 0. The maximum absolute atomic E-state index is 13.3. The SMILES string of the molecule is Cc1c(CC(=O)OC(C)(C)C)c2cc(O)c(Cl)cc2n1C(=O)c1ccc(OC(F)F)cc1. The summed E-state index contributed by atoms with van der Waals surface area (Å²) >= 11 is 6.08. The molecule has 0 aliphatic rings. The monoisotopic (exact) mass is 465 g/mol. The van der Waals surface area contributed by atoms with Crippen LogP contribution < -0.4 is 4.74 Å². The number of hydrogen-bond acceptors (Lipinski definition) is 5. The Bertz CT molecular complexity index is 1180. The van der Waals surface area contributed by atoms with Gasteiger partial charge in [-0.05, 0) is 69.7 Å². The molecule has 0 bridgehead atoms. The van der Waals surface area contributed by atoms with Crippen LogP contribution in [0.5, 0.6) is 11.5 Å². The van der Waals surface area contributed by atoms with Gasteiger partial charge in [0.25, 0.3) is 5.91 Å². The van der Waals surface area contributed by atoms with Crippen molar-refractivity contribution in [3.05, 3.63) is 58.2 Å². The number of phenols is 1. The van der Waals surface area contributed by atoms with Gasteiger partial charge in [-0.1, -0.05) is 11.6 Å². The second kappa shape index (κ2) is 8.78. The molecule has 3 rings (SSSR count). The van der Waals surface area contributed by atoms with Crippen LogP contribution in [0.3, 0.4) is 0 Å². The first-order chi connectivity index (χ1) is 14.9. The van der Waals surface area contributed by atoms with Crippen LogP contribution in [0.1, 0.15) is 42.4 Å². The second-order valence-electron chi connectivity index (χ2n) is 8.19. The molecule has 2 aromatic carbocycles. The number of rotatable bonds is 5. The van der Waals surface area contributed by atoms with Crippen LogP contribution >= 0.6 is 11.6 Å². The maximum atomic E-state index is 13.3. The van der Waals surface area contributed by atoms with Gasteiger partial charge in [0.2, 0.25) is 0 Å². The lowest BCUT2D eigenvalue weighted by molar-refractivity contribution is -0.153. The molecule has 0 radical (unpaired) electrons. The Balaban J connectivity index is 2.08. The average molecular weight is 466 g/mol. The highest BCUT2D eigenvalue weighted by molar-refractivity contribution is 6.33. The van der Waals surface area contributed by atoms with Gasteiger partial charge in [-0.25, -0.2) is 0 Å². The van der Waals surface area contributed by atoms with Crippen LogP contribution in [0, 0.1) is 6.92 Å². The molecule has 0 aliphatic carbocycles. The first-order valence-corrected chi connectivity index (χ1v) is 10.1. The number of nitrogens with zero attached hydrogens (tertiary/aromatic N) is 1. The van der Waals surface area contributed by atoms with Crippen molar-refractivity contribution in [3.63, 3.8) is 0 Å². The molecule has 0 saturated heterocycles. The number of carbonyl (C=O) groups excluding carboxylic acids is 2. The number of halogens is 3. The molecule has 9 heteroatoms. The maximum Gasteiger partial charge on any atom is 0.387 e. The van der Waals surface area contributed by atoms with Crippen molar-refractivity contribution >= 4 is 34.4 Å². The Hall–Kier alpha value is -3.13. The highest BCUT2D eigenvalue weighted by atomic mass is 35.5. The number of aromatic nitrogens is 1. The van der Waals surface area contributed by atoms with Crippen LogP contribution in [0.4, 0.5) is 8.78 Å². The molecule has 0 fully saturated rings. The first-order valence-electron chi connectivity index (χ1n) is 9.71. The minimum Gasteiger partial charge on any atom is -0.506 e. The van der Waals surface area contributed by atoms with Crippen molar-refractivity contribution in [2.45, 2.75) is 46.3 Å². The van der Waals surface area contributed by atoms with Crippen LogP contribution in [-0.4, -0.2) is 33.8 Å². The molecule has 170 valence electrons. The quantitative estimate of drug-likeness (QED) is 0.505. The minimum absolute atomic E-state index is 0.0357. The zero-order valence-electron chi connectivity index (χ0n) is 17.9. The van der Waals surface area contributed by atoms with Gasteiger partial charge in [0.1, 0.15) is 17.1 Å². The van der Waals surface area contributed by atoms with Gasteiger partial charge in [-0.2, -0.15) is 8.78 Å². The standard InChI is InChI=1S/C23H22ClF2NO5/c1-12-15(10-20(29)32-23(2,3)4)16-9-19(28)17(24)11-18(16)27(12)21(30)13-5-7-14(8-6-13)31-22(25)26/h5-9,11,22,28H,10H2,1-4H3. The fourth-order valence-corrected chi connectivity index (χ4v) is 3.56. The van der Waals surface area contributed by atoms with E-state index in [4.69, 9.17) is 16.3 Å². The summed E-state index contributed by atoms with van der Waals surface area (Å²) < 4.78 is 35.9. The molecular formula is C23H22ClF2NO5. The van der Waals surface area contributed by atoms with Crippen molar-refractivity contribution in [2.24, 2.45) is 0 Å². The molecule has 0 unspecified atom stereocenters. The van der Waals surface area contributed by atoms with E-state index in [-0.39, 0.29) is 28.5 Å². The topological polar surface area (TPSA) is 77.8 Å². The van der Waals surface area contributed by atoms with Gasteiger partial charge >= 0.3 is 12.6 Å². The predicted octanol–water partition coefficient (Wildman–Crippen LogP) is 5.48. The van der Waals surface area contributed by atoms with Crippen molar-refractivity contribution in [2.75, 3.05) is 0 Å². The molecule has 0 amide bonds. The van der Waals surface area contributed by atoms with Gasteiger partial charge in [-0.3, -0.25) is 14.2 Å². The van der Waals surface area contributed by atoms with E-state index < -0.39 is 24.1 Å². The van der Waals surface area contributed by atoms with Gasteiger partial charge < -0.3 is 14.6 Å². The van der Waals surface area contributed by atoms with Crippen LogP contribution in [0.25, 0.3) is 10.9 Å². The largest absolute Gasteiger partial charge is 0.506 e. The summed E-state index contributed by atoms with van der Waals surface area (Å²) in [6.45, 7) is 3.93. The Kier molecular flexibility index (Phi) is 6.46. The molecule has 0 spiro atoms. The molecule has 0 saturated carbocycles. The summed E-state index contributed by atoms with van der Waals surface area (Å²) in [6, 6.07) is 8.08. The highest BCUT2D eigenvalue weighted by Crippen LogP contribution is 2.35. The van der Waals surface area contributed by atoms with E-state index in [0.717, 1.165) is 0 Å². The smallest absolute Gasteiger partial charge is 0.387 e. The lowest BCUT2D eigenvalue weighted by atomic mass is 10.1. The average Bonchev–Trinajstić information content (AvgIpc) is 2.91. The normalized spacial score (nSPS) is 11.8. The van der Waals surface area contributed by atoms with Gasteiger partial charge in [0, 0.05) is 16.6 Å². The lowest BCUT2D eigenvalue weighted by Gasteiger charge is -2.19. The van der Waals surface area contributed by atoms with E-state index in [1.54, 1.807) is 27.7 Å². The fourth-order valence-electron chi connectivity index (χ4n) is 3.40. The van der Waals surface area contributed by atoms with Crippen LogP contribution in [0.15, 0.2) is 36.4 Å². The molecule has 32 heavy (non-hydrogen) atoms. The number of esters is 1. The minimum atomic E-state index is -2.97. The van der Waals surface area contributed by atoms with E-state index in [1.807, 2.05) is 0 Å². The van der Waals surface area contributed by atoms with E-state index in [9.17, 15) is 23.5 Å². The molecule has 1 heterocycles. The molecule has 0 atom stereocenters. The van der Waals surface area contributed by atoms with E-state index >= 15 is 0 Å². The number of carbonyl (C=O) groups is 2. The third-order valence-corrected chi connectivity index (χ3v) is 4.98. The molecule has 6 nitrogen and oxygen atoms in total. The summed E-state index contributed by atoms with van der Waals surface area (Å²) in [6.07, 6.45) is -0.123. The number of phenolic OH excluding ortho intramolecular Hbond substituents is 1. The first kappa shape index (κ1) is 23.5. The molecule has 0 aliphatic heterocycles. The van der Waals surface area contributed by atoms with E-state index in [0.29, 0.717) is 22.2 Å². The van der Waals surface area contributed by atoms with Crippen molar-refractivity contribution in [1.29, 1.82) is 0 Å². The van der Waals surface area contributed by atoms with Crippen LogP contribution in [0.2, 0.25) is 5.02 Å². The van der Waals surface area contributed by atoms with E-state index in [1.165, 1.54) is 41.0 Å². The molecule has 1 aromatic heterocycles. The van der Waals surface area contributed by atoms with Crippen molar-refractivity contribution < 1.29 is 33.0 Å². The fraction of sp³-hybridized carbons (Fsp3) is 0.304. The van der Waals surface area contributed by atoms with Gasteiger partial charge in [-0.15, -0.1) is 0 Å². The summed E-state index contributed by atoms with van der Waals surface area (Å²) in [5.74, 6) is -1.23. The molecule has 1 N–H and O–H groups in total. The number of aromatic hydroxyl groups is 1. The Morgan fingerprint density at radius 1 is 1.16 bits per heavy atom. The Labute approximate surface area is 188 Å². The number of alkyl halides is 2. The molecular weight excluding hydrogens is 444 g/mol. The third kappa shape index (κ3) is 5.02. The predicted molar refractivity (Wildman–Crippen MR) is 116 cm³/mol. The summed E-state index contributed by atoms with van der Waals surface area (Å²) in [5, 5.41) is 10.6. The Morgan fingerprint density at radius 2 is 1.78 bits per heavy atom. The third-order valence-electron chi connectivity index (χ3n) is 4.67. The van der Waals surface area contributed by atoms with Gasteiger partial charge in [0.15, 0.2) is 0 Å². The zero-order chi connectivity index (χ0) is 23.8. The number of benzene rings is 2. The number of ether oxygens (including phenoxy) is 2. The number of hydrogen-bond donors (Lipinski definition) is 1.